The van der Waals surface area contributed by atoms with Crippen molar-refractivity contribution in [1.82, 2.24) is 9.88 Å². The second-order valence-corrected chi connectivity index (χ2v) is 4.85. The predicted molar refractivity (Wildman–Crippen MR) is 68.1 cm³/mol. The maximum Gasteiger partial charge on any atom is 0.302 e. The van der Waals surface area contributed by atoms with Crippen molar-refractivity contribution >= 4 is 21.6 Å². The van der Waals surface area contributed by atoms with E-state index in [4.69, 9.17) is 0 Å². The first kappa shape index (κ1) is 12.4. The maximum absolute atomic E-state index is 10.8. The molecule has 0 radical (unpaired) electrons. The van der Waals surface area contributed by atoms with Gasteiger partial charge in [0.1, 0.15) is 0 Å². The van der Waals surface area contributed by atoms with Crippen LogP contribution < -0.4 is 0 Å². The van der Waals surface area contributed by atoms with Crippen LogP contribution in [0.5, 0.6) is 0 Å². The summed E-state index contributed by atoms with van der Waals surface area (Å²) in [5, 5.41) is 10.8. The lowest BCUT2D eigenvalue weighted by atomic mass is 10.1. The number of hydrogen-bond donors (Lipinski definition) is 0. The van der Waals surface area contributed by atoms with Crippen LogP contribution >= 0.6 is 15.9 Å². The molecule has 0 saturated heterocycles. The zero-order chi connectivity index (χ0) is 12.4. The van der Waals surface area contributed by atoms with Gasteiger partial charge in [-0.3, -0.25) is 10.1 Å². The molecule has 1 aromatic rings. The molecule has 0 aliphatic carbocycles. The van der Waals surface area contributed by atoms with Gasteiger partial charge in [-0.25, -0.2) is 4.98 Å². The molecule has 92 valence electrons. The first-order valence-electron chi connectivity index (χ1n) is 5.67. The number of likely N-dealkylation sites (N-methyl/N-ethyl adjacent to an activating group) is 1. The Kier molecular flexibility index (Phi) is 3.73. The molecule has 0 fully saturated rings. The van der Waals surface area contributed by atoms with Crippen molar-refractivity contribution in [2.75, 3.05) is 19.6 Å². The molecule has 0 N–H and O–H groups in total. The highest BCUT2D eigenvalue weighted by molar-refractivity contribution is 9.10. The minimum Gasteiger partial charge on any atom is -0.303 e. The third-order valence-corrected chi connectivity index (χ3v) is 3.72. The third kappa shape index (κ3) is 2.63. The Bertz CT molecular complexity index is 451. The van der Waals surface area contributed by atoms with E-state index in [2.05, 4.69) is 32.7 Å². The minimum atomic E-state index is -0.389. The topological polar surface area (TPSA) is 59.3 Å². The van der Waals surface area contributed by atoms with Crippen molar-refractivity contribution in [1.29, 1.82) is 0 Å². The fraction of sp³-hybridized carbons (Fsp3) is 0.545. The van der Waals surface area contributed by atoms with Gasteiger partial charge in [-0.05, 0) is 34.5 Å². The van der Waals surface area contributed by atoms with Crippen molar-refractivity contribution in [3.05, 3.63) is 32.0 Å². The average Bonchev–Trinajstić information content (AvgIpc) is 2.49. The molecule has 0 saturated carbocycles. The number of halogens is 1. The molecule has 17 heavy (non-hydrogen) atoms. The molecule has 1 aromatic heterocycles. The fourth-order valence-corrected chi connectivity index (χ4v) is 2.56. The fourth-order valence-electron chi connectivity index (χ4n) is 2.09. The molecule has 5 nitrogen and oxygen atoms in total. The second kappa shape index (κ2) is 5.10. The van der Waals surface area contributed by atoms with Gasteiger partial charge in [0.15, 0.2) is 4.60 Å². The van der Waals surface area contributed by atoms with Crippen molar-refractivity contribution in [2.45, 2.75) is 19.8 Å². The highest BCUT2D eigenvalue weighted by atomic mass is 79.9. The quantitative estimate of drug-likeness (QED) is 0.477. The summed E-state index contributed by atoms with van der Waals surface area (Å²) >= 11 is 3.17. The summed E-state index contributed by atoms with van der Waals surface area (Å²) in [5.74, 6) is 0. The first-order valence-corrected chi connectivity index (χ1v) is 6.46. The van der Waals surface area contributed by atoms with Gasteiger partial charge < -0.3 is 4.90 Å². The Morgan fingerprint density at radius 3 is 2.88 bits per heavy atom. The highest BCUT2D eigenvalue weighted by Gasteiger charge is 2.20. The average molecular weight is 300 g/mol. The molecule has 1 aliphatic heterocycles. The van der Waals surface area contributed by atoms with Crippen LogP contribution in [-0.2, 0) is 12.8 Å². The van der Waals surface area contributed by atoms with Crippen LogP contribution in [0.3, 0.4) is 0 Å². The number of nitro groups is 1. The van der Waals surface area contributed by atoms with Gasteiger partial charge in [-0.1, -0.05) is 6.92 Å². The van der Waals surface area contributed by atoms with Crippen molar-refractivity contribution < 1.29 is 4.92 Å². The van der Waals surface area contributed by atoms with Crippen LogP contribution in [0.25, 0.3) is 0 Å². The van der Waals surface area contributed by atoms with E-state index >= 15 is 0 Å². The number of rotatable bonds is 2. The van der Waals surface area contributed by atoms with Crippen LogP contribution in [0.2, 0.25) is 0 Å². The minimum absolute atomic E-state index is 0.0636. The molecular weight excluding hydrogens is 286 g/mol. The summed E-state index contributed by atoms with van der Waals surface area (Å²) in [6, 6.07) is 1.66. The summed E-state index contributed by atoms with van der Waals surface area (Å²) in [6.07, 6.45) is 1.70. The Morgan fingerprint density at radius 2 is 2.24 bits per heavy atom. The van der Waals surface area contributed by atoms with E-state index < -0.39 is 0 Å². The van der Waals surface area contributed by atoms with E-state index in [-0.39, 0.29) is 10.6 Å². The Labute approximate surface area is 108 Å². The molecule has 0 amide bonds. The van der Waals surface area contributed by atoms with Crippen LogP contribution in [0.15, 0.2) is 10.7 Å². The van der Waals surface area contributed by atoms with Crippen molar-refractivity contribution in [2.24, 2.45) is 0 Å². The summed E-state index contributed by atoms with van der Waals surface area (Å²) in [4.78, 5) is 17.1. The first-order chi connectivity index (χ1) is 8.11. The second-order valence-electron chi connectivity index (χ2n) is 4.10. The predicted octanol–water partition coefficient (Wildman–Crippen LogP) is 2.17. The number of nitrogens with zero attached hydrogens (tertiary/aromatic N) is 3. The standard InChI is InChI=1S/C11H14BrN3O2/c1-2-14-5-3-8-7-10(15(16)17)11(12)13-9(8)4-6-14/h7H,2-6H2,1H3. The number of aromatic nitrogens is 1. The number of fused-ring (bicyclic) bond motifs is 1. The van der Waals surface area contributed by atoms with Crippen LogP contribution in [0.1, 0.15) is 18.2 Å². The summed E-state index contributed by atoms with van der Waals surface area (Å²) < 4.78 is 0.339. The van der Waals surface area contributed by atoms with Gasteiger partial charge in [0.25, 0.3) is 0 Å². The van der Waals surface area contributed by atoms with E-state index in [1.165, 1.54) is 0 Å². The van der Waals surface area contributed by atoms with Gasteiger partial charge in [-0.2, -0.15) is 0 Å². The lowest BCUT2D eigenvalue weighted by molar-refractivity contribution is -0.386. The lowest BCUT2D eigenvalue weighted by Crippen LogP contribution is -2.25. The molecule has 0 spiro atoms. The lowest BCUT2D eigenvalue weighted by Gasteiger charge is -2.15. The Hall–Kier alpha value is -1.01. The number of pyridine rings is 1. The summed E-state index contributed by atoms with van der Waals surface area (Å²) in [5.41, 5.74) is 2.06. The van der Waals surface area contributed by atoms with Gasteiger partial charge in [-0.15, -0.1) is 0 Å². The Morgan fingerprint density at radius 1 is 1.53 bits per heavy atom. The molecule has 0 unspecified atom stereocenters. The largest absolute Gasteiger partial charge is 0.303 e. The van der Waals surface area contributed by atoms with Gasteiger partial charge in [0, 0.05) is 31.3 Å². The molecule has 0 aromatic carbocycles. The molecule has 1 aliphatic rings. The number of hydrogen-bond acceptors (Lipinski definition) is 4. The summed E-state index contributed by atoms with van der Waals surface area (Å²) in [6.45, 7) is 5.06. The summed E-state index contributed by atoms with van der Waals surface area (Å²) in [7, 11) is 0. The van der Waals surface area contributed by atoms with E-state index in [0.29, 0.717) is 4.60 Å². The monoisotopic (exact) mass is 299 g/mol. The molecule has 2 rings (SSSR count). The molecule has 0 bridgehead atoms. The van der Waals surface area contributed by atoms with Crippen LogP contribution in [0, 0.1) is 10.1 Å². The van der Waals surface area contributed by atoms with E-state index in [9.17, 15) is 10.1 Å². The van der Waals surface area contributed by atoms with Gasteiger partial charge in [0.2, 0.25) is 0 Å². The zero-order valence-corrected chi connectivity index (χ0v) is 11.2. The maximum atomic E-state index is 10.8. The SMILES string of the molecule is CCN1CCc2cc([N+](=O)[O-])c(Br)nc2CC1. The smallest absolute Gasteiger partial charge is 0.302 e. The van der Waals surface area contributed by atoms with E-state index in [0.717, 1.165) is 43.7 Å². The zero-order valence-electron chi connectivity index (χ0n) is 9.65. The Balaban J connectivity index is 2.34. The van der Waals surface area contributed by atoms with Gasteiger partial charge >= 0.3 is 5.69 Å². The molecule has 0 atom stereocenters. The highest BCUT2D eigenvalue weighted by Crippen LogP contribution is 2.27. The third-order valence-electron chi connectivity index (χ3n) is 3.13. The van der Waals surface area contributed by atoms with Gasteiger partial charge in [0.05, 0.1) is 4.92 Å². The van der Waals surface area contributed by atoms with Crippen molar-refractivity contribution in [3.8, 4) is 0 Å². The van der Waals surface area contributed by atoms with E-state index in [1.807, 2.05) is 0 Å². The van der Waals surface area contributed by atoms with Crippen molar-refractivity contribution in [3.63, 3.8) is 0 Å². The van der Waals surface area contributed by atoms with Crippen LogP contribution in [-0.4, -0.2) is 34.4 Å². The molecule has 6 heteroatoms. The normalized spacial score (nSPS) is 16.4. The van der Waals surface area contributed by atoms with E-state index in [1.54, 1.807) is 6.07 Å². The molecule has 2 heterocycles. The molecular formula is C11H14BrN3O2. The van der Waals surface area contributed by atoms with Crippen LogP contribution in [0.4, 0.5) is 5.69 Å².